The summed E-state index contributed by atoms with van der Waals surface area (Å²) >= 11 is 12.3. The summed E-state index contributed by atoms with van der Waals surface area (Å²) in [5.74, 6) is -0.539. The molecule has 0 heterocycles. The molecule has 0 aliphatic carbocycles. The summed E-state index contributed by atoms with van der Waals surface area (Å²) in [6, 6.07) is 6.75. The van der Waals surface area contributed by atoms with Crippen molar-refractivity contribution in [2.24, 2.45) is 0 Å². The summed E-state index contributed by atoms with van der Waals surface area (Å²) in [7, 11) is 0. The molecule has 0 fully saturated rings. The Bertz CT molecular complexity index is 885. The van der Waals surface area contributed by atoms with Crippen LogP contribution in [-0.2, 0) is 14.3 Å². The summed E-state index contributed by atoms with van der Waals surface area (Å²) in [6.07, 6.45) is -0.952. The zero-order chi connectivity index (χ0) is 21.0. The van der Waals surface area contributed by atoms with Gasteiger partial charge < -0.3 is 14.2 Å². The van der Waals surface area contributed by atoms with E-state index in [-0.39, 0.29) is 0 Å². The third-order valence-electron chi connectivity index (χ3n) is 4.17. The quantitative estimate of drug-likeness (QED) is 0.474. The van der Waals surface area contributed by atoms with Gasteiger partial charge in [-0.05, 0) is 69.5 Å². The minimum atomic E-state index is -0.952. The molecule has 0 aliphatic heterocycles. The zero-order valence-electron chi connectivity index (χ0n) is 16.4. The lowest BCUT2D eigenvalue weighted by Crippen LogP contribution is -2.29. The minimum Gasteiger partial charge on any atom is -0.425 e. The van der Waals surface area contributed by atoms with Crippen LogP contribution in [0.25, 0.3) is 0 Å². The molecular weight excluding hydrogens is 403 g/mol. The van der Waals surface area contributed by atoms with Crippen molar-refractivity contribution in [3.05, 3.63) is 56.6 Å². The molecule has 150 valence electrons. The van der Waals surface area contributed by atoms with Crippen molar-refractivity contribution < 1.29 is 23.8 Å². The highest BCUT2D eigenvalue weighted by molar-refractivity contribution is 6.32. The summed E-state index contributed by atoms with van der Waals surface area (Å²) < 4.78 is 15.8. The molecule has 2 aromatic rings. The van der Waals surface area contributed by atoms with Crippen LogP contribution in [0, 0.1) is 27.7 Å². The van der Waals surface area contributed by atoms with Crippen molar-refractivity contribution in [1.82, 2.24) is 0 Å². The number of hydrogen-bond acceptors (Lipinski definition) is 5. The molecule has 0 radical (unpaired) electrons. The van der Waals surface area contributed by atoms with Crippen LogP contribution in [0.2, 0.25) is 10.0 Å². The van der Waals surface area contributed by atoms with Crippen LogP contribution in [-0.4, -0.2) is 24.6 Å². The molecule has 28 heavy (non-hydrogen) atoms. The van der Waals surface area contributed by atoms with E-state index in [1.165, 1.54) is 6.92 Å². The van der Waals surface area contributed by atoms with Crippen LogP contribution in [0.5, 0.6) is 11.5 Å². The summed E-state index contributed by atoms with van der Waals surface area (Å²) in [5.41, 5.74) is 3.15. The van der Waals surface area contributed by atoms with Crippen LogP contribution in [0.4, 0.5) is 0 Å². The van der Waals surface area contributed by atoms with Gasteiger partial charge in [0.1, 0.15) is 18.1 Å². The van der Waals surface area contributed by atoms with Gasteiger partial charge in [-0.2, -0.15) is 0 Å². The van der Waals surface area contributed by atoms with Gasteiger partial charge in [0, 0.05) is 10.6 Å². The number of rotatable bonds is 6. The Hall–Kier alpha value is -2.08. The van der Waals surface area contributed by atoms with Gasteiger partial charge in [-0.25, -0.2) is 9.59 Å². The Morgan fingerprint density at radius 2 is 1.54 bits per heavy atom. The molecule has 0 spiro atoms. The SMILES string of the molecule is Cc1cc(OC(=O)C(C)OCC(=O)Oc2ccc(C)c(Cl)c2C)cc(C)c1Cl. The first kappa shape index (κ1) is 22.2. The first-order valence-electron chi connectivity index (χ1n) is 8.66. The first-order valence-corrected chi connectivity index (χ1v) is 9.42. The Labute approximate surface area is 174 Å². The number of esters is 2. The lowest BCUT2D eigenvalue weighted by atomic mass is 10.1. The van der Waals surface area contributed by atoms with Crippen LogP contribution in [0.1, 0.15) is 29.2 Å². The number of benzene rings is 2. The van der Waals surface area contributed by atoms with Gasteiger partial charge in [-0.3, -0.25) is 0 Å². The highest BCUT2D eigenvalue weighted by atomic mass is 35.5. The van der Waals surface area contributed by atoms with Crippen LogP contribution in [0.15, 0.2) is 24.3 Å². The Morgan fingerprint density at radius 3 is 2.14 bits per heavy atom. The molecule has 2 rings (SSSR count). The fraction of sp³-hybridized carbons (Fsp3) is 0.333. The second kappa shape index (κ2) is 9.41. The molecule has 0 aromatic heterocycles. The lowest BCUT2D eigenvalue weighted by molar-refractivity contribution is -0.152. The van der Waals surface area contributed by atoms with E-state index in [2.05, 4.69) is 0 Å². The molecule has 7 heteroatoms. The van der Waals surface area contributed by atoms with Gasteiger partial charge in [0.25, 0.3) is 0 Å². The Morgan fingerprint density at radius 1 is 0.929 bits per heavy atom. The van der Waals surface area contributed by atoms with Crippen molar-refractivity contribution in [2.75, 3.05) is 6.61 Å². The zero-order valence-corrected chi connectivity index (χ0v) is 17.9. The van der Waals surface area contributed by atoms with Crippen LogP contribution >= 0.6 is 23.2 Å². The smallest absolute Gasteiger partial charge is 0.340 e. The Balaban J connectivity index is 1.91. The van der Waals surface area contributed by atoms with Crippen molar-refractivity contribution in [3.8, 4) is 11.5 Å². The molecule has 0 saturated heterocycles. The summed E-state index contributed by atoms with van der Waals surface area (Å²) in [5, 5.41) is 1.16. The molecular formula is C21H22Cl2O5. The summed E-state index contributed by atoms with van der Waals surface area (Å²) in [4.78, 5) is 24.2. The van der Waals surface area contributed by atoms with Crippen molar-refractivity contribution in [1.29, 1.82) is 0 Å². The fourth-order valence-electron chi connectivity index (χ4n) is 2.49. The summed E-state index contributed by atoms with van der Waals surface area (Å²) in [6.45, 7) is 8.36. The topological polar surface area (TPSA) is 61.8 Å². The normalized spacial score (nSPS) is 11.8. The number of hydrogen-bond donors (Lipinski definition) is 0. The number of aryl methyl sites for hydroxylation is 3. The van der Waals surface area contributed by atoms with Crippen molar-refractivity contribution in [2.45, 2.75) is 40.7 Å². The highest BCUT2D eigenvalue weighted by Gasteiger charge is 2.19. The van der Waals surface area contributed by atoms with Crippen molar-refractivity contribution >= 4 is 35.1 Å². The maximum atomic E-state index is 12.2. The fourth-order valence-corrected chi connectivity index (χ4v) is 2.76. The molecule has 0 aliphatic rings. The average Bonchev–Trinajstić information content (AvgIpc) is 2.64. The monoisotopic (exact) mass is 424 g/mol. The number of halogens is 2. The molecule has 1 unspecified atom stereocenters. The van der Waals surface area contributed by atoms with E-state index in [0.29, 0.717) is 27.1 Å². The van der Waals surface area contributed by atoms with Crippen LogP contribution < -0.4 is 9.47 Å². The maximum Gasteiger partial charge on any atom is 0.340 e. The average molecular weight is 425 g/mol. The number of carbonyl (C=O) groups excluding carboxylic acids is 2. The first-order chi connectivity index (χ1) is 13.1. The van der Waals surface area contributed by atoms with Gasteiger partial charge in [0.15, 0.2) is 6.10 Å². The van der Waals surface area contributed by atoms with Gasteiger partial charge >= 0.3 is 11.9 Å². The molecule has 2 aromatic carbocycles. The molecule has 0 bridgehead atoms. The lowest BCUT2D eigenvalue weighted by Gasteiger charge is -2.14. The second-order valence-electron chi connectivity index (χ2n) is 6.54. The van der Waals surface area contributed by atoms with Gasteiger partial charge in [0.2, 0.25) is 0 Å². The second-order valence-corrected chi connectivity index (χ2v) is 7.29. The van der Waals surface area contributed by atoms with E-state index in [9.17, 15) is 9.59 Å². The van der Waals surface area contributed by atoms with E-state index in [1.807, 2.05) is 20.8 Å². The van der Waals surface area contributed by atoms with Gasteiger partial charge in [-0.15, -0.1) is 0 Å². The largest absolute Gasteiger partial charge is 0.425 e. The molecule has 0 saturated carbocycles. The Kier molecular flexibility index (Phi) is 7.47. The third kappa shape index (κ3) is 5.47. The number of carbonyl (C=O) groups is 2. The molecule has 0 amide bonds. The van der Waals surface area contributed by atoms with E-state index in [4.69, 9.17) is 37.4 Å². The standard InChI is InChI=1S/C21H22Cl2O5/c1-11-6-7-17(14(4)20(11)23)28-18(24)10-26-15(5)21(25)27-16-8-12(2)19(22)13(3)9-16/h6-9,15H,10H2,1-5H3. The van der Waals surface area contributed by atoms with E-state index < -0.39 is 24.6 Å². The highest BCUT2D eigenvalue weighted by Crippen LogP contribution is 2.29. The predicted molar refractivity (Wildman–Crippen MR) is 109 cm³/mol. The molecule has 5 nitrogen and oxygen atoms in total. The molecule has 1 atom stereocenters. The maximum absolute atomic E-state index is 12.2. The van der Waals surface area contributed by atoms with Crippen molar-refractivity contribution in [3.63, 3.8) is 0 Å². The van der Waals surface area contributed by atoms with Crippen LogP contribution in [0.3, 0.4) is 0 Å². The minimum absolute atomic E-state index is 0.353. The predicted octanol–water partition coefficient (Wildman–Crippen LogP) is 5.14. The van der Waals surface area contributed by atoms with E-state index in [1.54, 1.807) is 31.2 Å². The van der Waals surface area contributed by atoms with Gasteiger partial charge in [0.05, 0.1) is 5.02 Å². The third-order valence-corrected chi connectivity index (χ3v) is 5.34. The molecule has 0 N–H and O–H groups in total. The van der Waals surface area contributed by atoms with Gasteiger partial charge in [-0.1, -0.05) is 29.3 Å². The van der Waals surface area contributed by atoms with E-state index >= 15 is 0 Å². The number of ether oxygens (including phenoxy) is 3. The van der Waals surface area contributed by atoms with E-state index in [0.717, 1.165) is 16.7 Å².